The summed E-state index contributed by atoms with van der Waals surface area (Å²) >= 11 is 0. The van der Waals surface area contributed by atoms with Crippen molar-refractivity contribution in [3.63, 3.8) is 0 Å². The van der Waals surface area contributed by atoms with Gasteiger partial charge in [0.25, 0.3) is 0 Å². The lowest BCUT2D eigenvalue weighted by Crippen LogP contribution is -2.23. The topological polar surface area (TPSA) is 86.1 Å². The fourth-order valence-corrected chi connectivity index (χ4v) is 1.78. The van der Waals surface area contributed by atoms with E-state index in [-0.39, 0.29) is 23.8 Å². The molecule has 8 heteroatoms. The molecule has 0 saturated heterocycles. The lowest BCUT2D eigenvalue weighted by atomic mass is 10.2. The van der Waals surface area contributed by atoms with Crippen molar-refractivity contribution in [1.82, 2.24) is 4.90 Å². The smallest absolute Gasteiger partial charge is 0.313 e. The molecule has 0 saturated carbocycles. The highest BCUT2D eigenvalue weighted by atomic mass is 16.6. The van der Waals surface area contributed by atoms with Crippen LogP contribution in [-0.4, -0.2) is 56.5 Å². The minimum atomic E-state index is -0.472. The third-order valence-electron chi connectivity index (χ3n) is 3.04. The molecular weight excluding hydrogens is 314 g/mol. The Hall–Kier alpha value is -2.06. The summed E-state index contributed by atoms with van der Waals surface area (Å²) < 4.78 is 16.4. The highest BCUT2D eigenvalue weighted by molar-refractivity contribution is 5.67. The Morgan fingerprint density at radius 2 is 1.92 bits per heavy atom. The van der Waals surface area contributed by atoms with Crippen molar-refractivity contribution in [2.45, 2.75) is 26.4 Å². The van der Waals surface area contributed by atoms with Gasteiger partial charge in [-0.3, -0.25) is 10.1 Å². The minimum Gasteiger partial charge on any atom is -0.494 e. The van der Waals surface area contributed by atoms with Gasteiger partial charge in [0.2, 0.25) is 5.75 Å². The predicted octanol–water partition coefficient (Wildman–Crippen LogP) is 2.73. The molecule has 0 unspecified atom stereocenters. The Balaban J connectivity index is 2.96. The summed E-state index contributed by atoms with van der Waals surface area (Å²) in [5, 5.41) is 14.3. The van der Waals surface area contributed by atoms with Crippen LogP contribution in [0.5, 0.6) is 11.5 Å². The standard InChI is InChI=1S/C16H27N3O5/c1-16(2,3)24-11-17-12-9-13(19(20)21)15(10-14(12)22-6)23-8-7-18(4)5/h9-10,17H,7-8,11H2,1-6H3. The van der Waals surface area contributed by atoms with Crippen molar-refractivity contribution in [3.05, 3.63) is 22.2 Å². The number of nitro benzene ring substituents is 1. The van der Waals surface area contributed by atoms with Crippen LogP contribution in [-0.2, 0) is 4.74 Å². The summed E-state index contributed by atoms with van der Waals surface area (Å²) in [5.74, 6) is 0.638. The highest BCUT2D eigenvalue weighted by Crippen LogP contribution is 2.37. The third kappa shape index (κ3) is 6.59. The molecule has 1 N–H and O–H groups in total. The van der Waals surface area contributed by atoms with E-state index in [1.807, 2.05) is 39.8 Å². The zero-order chi connectivity index (χ0) is 18.3. The number of nitro groups is 1. The number of hydrogen-bond acceptors (Lipinski definition) is 7. The van der Waals surface area contributed by atoms with Crippen molar-refractivity contribution < 1.29 is 19.1 Å². The fraction of sp³-hybridized carbons (Fsp3) is 0.625. The number of hydrogen-bond donors (Lipinski definition) is 1. The number of benzene rings is 1. The first-order valence-corrected chi connectivity index (χ1v) is 7.66. The van der Waals surface area contributed by atoms with Gasteiger partial charge in [-0.05, 0) is 34.9 Å². The Bertz CT molecular complexity index is 555. The molecule has 1 aromatic carbocycles. The van der Waals surface area contributed by atoms with Crippen LogP contribution in [0.3, 0.4) is 0 Å². The molecule has 0 aliphatic rings. The Labute approximate surface area is 142 Å². The number of methoxy groups -OCH3 is 1. The van der Waals surface area contributed by atoms with E-state index in [1.54, 1.807) is 0 Å². The quantitative estimate of drug-likeness (QED) is 0.420. The minimum absolute atomic E-state index is 0.118. The first-order valence-electron chi connectivity index (χ1n) is 7.66. The molecule has 1 rings (SSSR count). The van der Waals surface area contributed by atoms with E-state index in [1.165, 1.54) is 19.2 Å². The third-order valence-corrected chi connectivity index (χ3v) is 3.04. The van der Waals surface area contributed by atoms with Gasteiger partial charge in [0.15, 0.2) is 0 Å². The first-order chi connectivity index (χ1) is 11.1. The van der Waals surface area contributed by atoms with E-state index in [4.69, 9.17) is 14.2 Å². The van der Waals surface area contributed by atoms with Gasteiger partial charge in [-0.2, -0.15) is 0 Å². The number of ether oxygens (including phenoxy) is 3. The van der Waals surface area contributed by atoms with Crippen LogP contribution < -0.4 is 14.8 Å². The van der Waals surface area contributed by atoms with Gasteiger partial charge in [0.05, 0.1) is 23.3 Å². The second-order valence-electron chi connectivity index (χ2n) is 6.51. The van der Waals surface area contributed by atoms with Crippen molar-refractivity contribution in [2.24, 2.45) is 0 Å². The maximum atomic E-state index is 11.3. The lowest BCUT2D eigenvalue weighted by molar-refractivity contribution is -0.385. The molecule has 0 bridgehead atoms. The molecule has 24 heavy (non-hydrogen) atoms. The van der Waals surface area contributed by atoms with E-state index >= 15 is 0 Å². The van der Waals surface area contributed by atoms with Crippen LogP contribution >= 0.6 is 0 Å². The van der Waals surface area contributed by atoms with Crippen molar-refractivity contribution in [2.75, 3.05) is 46.4 Å². The molecule has 0 aliphatic carbocycles. The Morgan fingerprint density at radius 3 is 2.42 bits per heavy atom. The maximum Gasteiger partial charge on any atom is 0.313 e. The molecule has 0 radical (unpaired) electrons. The number of likely N-dealkylation sites (N-methyl/N-ethyl adjacent to an activating group) is 1. The molecule has 8 nitrogen and oxygen atoms in total. The summed E-state index contributed by atoms with van der Waals surface area (Å²) in [5.41, 5.74) is 0.0442. The number of nitrogens with zero attached hydrogens (tertiary/aromatic N) is 2. The van der Waals surface area contributed by atoms with E-state index in [2.05, 4.69) is 5.32 Å². The van der Waals surface area contributed by atoms with Gasteiger partial charge in [0.1, 0.15) is 19.1 Å². The fourth-order valence-electron chi connectivity index (χ4n) is 1.78. The molecule has 0 aliphatic heterocycles. The molecule has 0 spiro atoms. The number of anilines is 1. The summed E-state index contributed by atoms with van der Waals surface area (Å²) in [6.07, 6.45) is 0. The van der Waals surface area contributed by atoms with Crippen LogP contribution in [0.1, 0.15) is 20.8 Å². The second kappa shape index (κ2) is 8.70. The van der Waals surface area contributed by atoms with Crippen LogP contribution in [0.25, 0.3) is 0 Å². The molecule has 0 atom stereocenters. The summed E-state index contributed by atoms with van der Waals surface area (Å²) in [6.45, 7) is 6.98. The predicted molar refractivity (Wildman–Crippen MR) is 93.0 cm³/mol. The highest BCUT2D eigenvalue weighted by Gasteiger charge is 2.21. The van der Waals surface area contributed by atoms with Crippen LogP contribution in [0.4, 0.5) is 11.4 Å². The van der Waals surface area contributed by atoms with Crippen molar-refractivity contribution in [1.29, 1.82) is 0 Å². The Kier molecular flexibility index (Phi) is 7.24. The summed E-state index contributed by atoms with van der Waals surface area (Å²) in [6, 6.07) is 2.92. The second-order valence-corrected chi connectivity index (χ2v) is 6.51. The van der Waals surface area contributed by atoms with Crippen molar-refractivity contribution >= 4 is 11.4 Å². The molecule has 0 heterocycles. The number of rotatable bonds is 9. The van der Waals surface area contributed by atoms with Crippen LogP contribution in [0.15, 0.2) is 12.1 Å². The Morgan fingerprint density at radius 1 is 1.25 bits per heavy atom. The average molecular weight is 341 g/mol. The van der Waals surface area contributed by atoms with E-state index in [0.717, 1.165) is 0 Å². The SMILES string of the molecule is COc1cc(OCCN(C)C)c([N+](=O)[O-])cc1NCOC(C)(C)C. The lowest BCUT2D eigenvalue weighted by Gasteiger charge is -2.21. The average Bonchev–Trinajstić information content (AvgIpc) is 2.45. The zero-order valence-corrected chi connectivity index (χ0v) is 15.2. The van der Waals surface area contributed by atoms with E-state index in [9.17, 15) is 10.1 Å². The van der Waals surface area contributed by atoms with E-state index < -0.39 is 4.92 Å². The number of nitrogens with one attached hydrogen (secondary N) is 1. The van der Waals surface area contributed by atoms with Gasteiger partial charge in [-0.1, -0.05) is 0 Å². The molecule has 0 fully saturated rings. The van der Waals surface area contributed by atoms with Gasteiger partial charge in [-0.25, -0.2) is 0 Å². The molecule has 136 valence electrons. The normalized spacial score (nSPS) is 11.5. The summed E-state index contributed by atoms with van der Waals surface area (Å²) in [7, 11) is 5.31. The van der Waals surface area contributed by atoms with E-state index in [0.29, 0.717) is 24.6 Å². The molecular formula is C16H27N3O5. The van der Waals surface area contributed by atoms with Gasteiger partial charge < -0.3 is 24.4 Å². The summed E-state index contributed by atoms with van der Waals surface area (Å²) in [4.78, 5) is 12.8. The zero-order valence-electron chi connectivity index (χ0n) is 15.2. The van der Waals surface area contributed by atoms with Crippen LogP contribution in [0.2, 0.25) is 0 Å². The van der Waals surface area contributed by atoms with Crippen molar-refractivity contribution in [3.8, 4) is 11.5 Å². The maximum absolute atomic E-state index is 11.3. The monoisotopic (exact) mass is 341 g/mol. The first kappa shape index (κ1) is 20.0. The largest absolute Gasteiger partial charge is 0.494 e. The molecule has 1 aromatic rings. The van der Waals surface area contributed by atoms with Gasteiger partial charge in [0, 0.05) is 18.7 Å². The van der Waals surface area contributed by atoms with Gasteiger partial charge >= 0.3 is 5.69 Å². The molecule has 0 aromatic heterocycles. The molecule has 0 amide bonds. The van der Waals surface area contributed by atoms with Crippen LogP contribution in [0, 0.1) is 10.1 Å². The van der Waals surface area contributed by atoms with Gasteiger partial charge in [-0.15, -0.1) is 0 Å².